The summed E-state index contributed by atoms with van der Waals surface area (Å²) in [6.07, 6.45) is 0. The average molecular weight is 398 g/mol. The molecule has 0 saturated carbocycles. The fourth-order valence-electron chi connectivity index (χ4n) is 3.04. The van der Waals surface area contributed by atoms with Crippen LogP contribution in [0, 0.1) is 18.3 Å². The molecule has 0 aliphatic carbocycles. The third kappa shape index (κ3) is 3.57. The Bertz CT molecular complexity index is 1060. The van der Waals surface area contributed by atoms with Gasteiger partial charge < -0.3 is 10.5 Å². The van der Waals surface area contributed by atoms with Crippen LogP contribution in [0.1, 0.15) is 18.1 Å². The number of halogens is 2. The summed E-state index contributed by atoms with van der Waals surface area (Å²) in [6.45, 7) is 4.31. The number of hydrogen-bond donors (Lipinski definition) is 1. The number of benzene rings is 2. The quantitative estimate of drug-likeness (QED) is 0.595. The molecular formula is C21H17Cl2N3O. The van der Waals surface area contributed by atoms with E-state index in [4.69, 9.17) is 33.7 Å². The van der Waals surface area contributed by atoms with Crippen molar-refractivity contribution in [3.05, 3.63) is 63.6 Å². The van der Waals surface area contributed by atoms with Crippen LogP contribution in [0.25, 0.3) is 22.4 Å². The summed E-state index contributed by atoms with van der Waals surface area (Å²) >= 11 is 12.4. The van der Waals surface area contributed by atoms with Gasteiger partial charge in [-0.15, -0.1) is 0 Å². The summed E-state index contributed by atoms with van der Waals surface area (Å²) in [5, 5.41) is 10.7. The molecule has 0 aliphatic rings. The van der Waals surface area contributed by atoms with Gasteiger partial charge in [0.1, 0.15) is 23.2 Å². The molecule has 0 saturated heterocycles. The lowest BCUT2D eigenvalue weighted by atomic mass is 9.92. The predicted octanol–water partition coefficient (Wildman–Crippen LogP) is 5.88. The van der Waals surface area contributed by atoms with Gasteiger partial charge in [-0.1, -0.05) is 41.4 Å². The van der Waals surface area contributed by atoms with Crippen LogP contribution in [0.2, 0.25) is 10.0 Å². The second-order valence-electron chi connectivity index (χ2n) is 5.89. The summed E-state index contributed by atoms with van der Waals surface area (Å²) < 4.78 is 5.76. The number of nitrogens with two attached hydrogens (primary N) is 1. The van der Waals surface area contributed by atoms with Crippen LogP contribution in [-0.4, -0.2) is 11.6 Å². The average Bonchev–Trinajstić information content (AvgIpc) is 2.64. The smallest absolute Gasteiger partial charge is 0.142 e. The molecule has 3 rings (SSSR count). The van der Waals surface area contributed by atoms with E-state index < -0.39 is 0 Å². The van der Waals surface area contributed by atoms with Crippen molar-refractivity contribution in [1.29, 1.82) is 5.26 Å². The van der Waals surface area contributed by atoms with E-state index in [2.05, 4.69) is 11.1 Å². The highest BCUT2D eigenvalue weighted by atomic mass is 35.5. The molecule has 1 heterocycles. The van der Waals surface area contributed by atoms with E-state index in [0.717, 1.165) is 11.1 Å². The molecule has 27 heavy (non-hydrogen) atoms. The van der Waals surface area contributed by atoms with Crippen molar-refractivity contribution in [2.75, 3.05) is 12.3 Å². The zero-order valence-corrected chi connectivity index (χ0v) is 16.4. The molecule has 0 spiro atoms. The first-order chi connectivity index (χ1) is 13.0. The Kier molecular flexibility index (Phi) is 5.55. The molecule has 0 unspecified atom stereocenters. The van der Waals surface area contributed by atoms with Gasteiger partial charge in [0, 0.05) is 21.7 Å². The maximum Gasteiger partial charge on any atom is 0.142 e. The second-order valence-corrected chi connectivity index (χ2v) is 6.73. The lowest BCUT2D eigenvalue weighted by molar-refractivity contribution is 0.341. The standard InChI is InChI=1S/C21H17Cl2N3O/c1-3-27-18-7-5-4-6-15(18)19-12(2)20(26-21(25)16(19)11-24)14-9-8-13(22)10-17(14)23/h4-10H,3H2,1-2H3,(H2,25,26). The van der Waals surface area contributed by atoms with Crippen molar-refractivity contribution in [3.63, 3.8) is 0 Å². The van der Waals surface area contributed by atoms with Crippen LogP contribution in [0.15, 0.2) is 42.5 Å². The predicted molar refractivity (Wildman–Crippen MR) is 110 cm³/mol. The molecule has 0 aliphatic heterocycles. The van der Waals surface area contributed by atoms with E-state index >= 15 is 0 Å². The van der Waals surface area contributed by atoms with Gasteiger partial charge in [-0.2, -0.15) is 5.26 Å². The van der Waals surface area contributed by atoms with Gasteiger partial charge in [-0.05, 0) is 43.7 Å². The van der Waals surface area contributed by atoms with Crippen molar-refractivity contribution < 1.29 is 4.74 Å². The fourth-order valence-corrected chi connectivity index (χ4v) is 3.54. The molecule has 0 atom stereocenters. The summed E-state index contributed by atoms with van der Waals surface area (Å²) in [7, 11) is 0. The number of pyridine rings is 1. The lowest BCUT2D eigenvalue weighted by Gasteiger charge is -2.18. The molecule has 4 nitrogen and oxygen atoms in total. The van der Waals surface area contributed by atoms with E-state index in [0.29, 0.717) is 44.8 Å². The van der Waals surface area contributed by atoms with Crippen molar-refractivity contribution in [1.82, 2.24) is 4.98 Å². The normalized spacial score (nSPS) is 10.5. The second kappa shape index (κ2) is 7.87. The molecule has 6 heteroatoms. The van der Waals surface area contributed by atoms with Crippen LogP contribution < -0.4 is 10.5 Å². The molecule has 2 aromatic carbocycles. The van der Waals surface area contributed by atoms with E-state index in [9.17, 15) is 5.26 Å². The highest BCUT2D eigenvalue weighted by Gasteiger charge is 2.21. The number of nitrogen functional groups attached to an aromatic ring is 1. The van der Waals surface area contributed by atoms with Crippen molar-refractivity contribution >= 4 is 29.0 Å². The maximum atomic E-state index is 9.70. The summed E-state index contributed by atoms with van der Waals surface area (Å²) in [5.41, 5.74) is 10.0. The summed E-state index contributed by atoms with van der Waals surface area (Å²) in [6, 6.07) is 14.9. The molecule has 1 aromatic heterocycles. The van der Waals surface area contributed by atoms with E-state index in [1.54, 1.807) is 18.2 Å². The molecule has 2 N–H and O–H groups in total. The van der Waals surface area contributed by atoms with Crippen LogP contribution in [-0.2, 0) is 0 Å². The van der Waals surface area contributed by atoms with Crippen LogP contribution in [0.3, 0.4) is 0 Å². The third-order valence-electron chi connectivity index (χ3n) is 4.22. The van der Waals surface area contributed by atoms with Gasteiger partial charge in [-0.25, -0.2) is 4.98 Å². The Balaban J connectivity index is 2.35. The largest absolute Gasteiger partial charge is 0.493 e. The summed E-state index contributed by atoms with van der Waals surface area (Å²) in [5.74, 6) is 0.823. The van der Waals surface area contributed by atoms with Crippen molar-refractivity contribution in [2.24, 2.45) is 0 Å². The molecule has 3 aromatic rings. The van der Waals surface area contributed by atoms with E-state index in [-0.39, 0.29) is 5.82 Å². The van der Waals surface area contributed by atoms with Crippen molar-refractivity contribution in [2.45, 2.75) is 13.8 Å². The maximum absolute atomic E-state index is 9.70. The Morgan fingerprint density at radius 3 is 2.56 bits per heavy atom. The van der Waals surface area contributed by atoms with Crippen molar-refractivity contribution in [3.8, 4) is 34.2 Å². The molecule has 0 fully saturated rings. The van der Waals surface area contributed by atoms with Crippen LogP contribution >= 0.6 is 23.2 Å². The Morgan fingerprint density at radius 1 is 1.15 bits per heavy atom. The monoisotopic (exact) mass is 397 g/mol. The lowest BCUT2D eigenvalue weighted by Crippen LogP contribution is -2.04. The van der Waals surface area contributed by atoms with Crippen LogP contribution in [0.4, 0.5) is 5.82 Å². The number of anilines is 1. The Labute approximate surface area is 168 Å². The number of nitrogens with zero attached hydrogens (tertiary/aromatic N) is 2. The highest BCUT2D eigenvalue weighted by molar-refractivity contribution is 6.36. The topological polar surface area (TPSA) is 71.9 Å². The number of nitriles is 1. The minimum Gasteiger partial charge on any atom is -0.493 e. The SMILES string of the molecule is CCOc1ccccc1-c1c(C)c(-c2ccc(Cl)cc2Cl)nc(N)c1C#N. The number of ether oxygens (including phenoxy) is 1. The first kappa shape index (κ1) is 19.0. The van der Waals surface area contributed by atoms with E-state index in [1.807, 2.05) is 38.1 Å². The Hall–Kier alpha value is -2.74. The van der Waals surface area contributed by atoms with E-state index in [1.165, 1.54) is 0 Å². The third-order valence-corrected chi connectivity index (χ3v) is 4.77. The van der Waals surface area contributed by atoms with Crippen LogP contribution in [0.5, 0.6) is 5.75 Å². The Morgan fingerprint density at radius 2 is 1.89 bits per heavy atom. The minimum atomic E-state index is 0.144. The number of rotatable bonds is 4. The molecule has 0 bridgehead atoms. The molecular weight excluding hydrogens is 381 g/mol. The van der Waals surface area contributed by atoms with Gasteiger partial charge in [0.15, 0.2) is 0 Å². The highest BCUT2D eigenvalue weighted by Crippen LogP contribution is 2.41. The number of para-hydroxylation sites is 1. The first-order valence-electron chi connectivity index (χ1n) is 8.35. The van der Waals surface area contributed by atoms with Gasteiger partial charge in [0.25, 0.3) is 0 Å². The molecule has 0 radical (unpaired) electrons. The zero-order valence-electron chi connectivity index (χ0n) is 14.9. The van der Waals surface area contributed by atoms with Gasteiger partial charge in [0.05, 0.1) is 17.3 Å². The zero-order chi connectivity index (χ0) is 19.6. The first-order valence-corrected chi connectivity index (χ1v) is 9.11. The summed E-state index contributed by atoms with van der Waals surface area (Å²) in [4.78, 5) is 4.45. The number of aromatic nitrogens is 1. The molecule has 136 valence electrons. The van der Waals surface area contributed by atoms with Gasteiger partial charge in [-0.3, -0.25) is 0 Å². The minimum absolute atomic E-state index is 0.144. The van der Waals surface area contributed by atoms with Gasteiger partial charge >= 0.3 is 0 Å². The fraction of sp³-hybridized carbons (Fsp3) is 0.143. The number of hydrogen-bond acceptors (Lipinski definition) is 4. The molecule has 0 amide bonds. The van der Waals surface area contributed by atoms with Gasteiger partial charge in [0.2, 0.25) is 0 Å².